The molecule has 2 aromatic carbocycles. The van der Waals surface area contributed by atoms with Crippen molar-refractivity contribution in [2.45, 2.75) is 12.5 Å². The second-order valence-corrected chi connectivity index (χ2v) is 4.46. The molecule has 0 heterocycles. The Morgan fingerprint density at radius 1 is 0.900 bits per heavy atom. The first-order chi connectivity index (χ1) is 9.36. The molecule has 0 saturated heterocycles. The topological polar surface area (TPSA) is 40.5 Å². The van der Waals surface area contributed by atoms with E-state index in [4.69, 9.17) is 10.0 Å². The fourth-order valence-electron chi connectivity index (χ4n) is 1.94. The molecular formula is C14H12BF3O2. The van der Waals surface area contributed by atoms with Crippen LogP contribution in [0.1, 0.15) is 11.1 Å². The molecule has 0 saturated carbocycles. The summed E-state index contributed by atoms with van der Waals surface area (Å²) < 4.78 is 37.4. The SMILES string of the molecule is OB(O)Cc1cccc(-c2ccc(C(F)(F)F)cc2)c1. The van der Waals surface area contributed by atoms with Crippen LogP contribution in [-0.4, -0.2) is 17.2 Å². The summed E-state index contributed by atoms with van der Waals surface area (Å²) in [6.07, 6.45) is -4.27. The van der Waals surface area contributed by atoms with Crippen LogP contribution in [-0.2, 0) is 12.5 Å². The quantitative estimate of drug-likeness (QED) is 0.849. The number of benzene rings is 2. The van der Waals surface area contributed by atoms with Crippen LogP contribution in [0, 0.1) is 0 Å². The normalized spacial score (nSPS) is 11.4. The van der Waals surface area contributed by atoms with Gasteiger partial charge in [-0.25, -0.2) is 0 Å². The lowest BCUT2D eigenvalue weighted by Crippen LogP contribution is -2.15. The Morgan fingerprint density at radius 2 is 1.55 bits per heavy atom. The zero-order chi connectivity index (χ0) is 14.8. The summed E-state index contributed by atoms with van der Waals surface area (Å²) >= 11 is 0. The second-order valence-electron chi connectivity index (χ2n) is 4.46. The van der Waals surface area contributed by atoms with Crippen LogP contribution in [0.15, 0.2) is 48.5 Å². The average Bonchev–Trinajstić information content (AvgIpc) is 2.37. The number of hydrogen-bond donors (Lipinski definition) is 2. The minimum Gasteiger partial charge on any atom is -0.427 e. The van der Waals surface area contributed by atoms with Gasteiger partial charge in [-0.3, -0.25) is 0 Å². The molecule has 0 aliphatic rings. The molecule has 0 amide bonds. The molecule has 20 heavy (non-hydrogen) atoms. The van der Waals surface area contributed by atoms with E-state index in [-0.39, 0.29) is 6.32 Å². The highest BCUT2D eigenvalue weighted by atomic mass is 19.4. The average molecular weight is 280 g/mol. The summed E-state index contributed by atoms with van der Waals surface area (Å²) in [5.41, 5.74) is 1.39. The lowest BCUT2D eigenvalue weighted by Gasteiger charge is -2.09. The number of halogens is 3. The molecule has 2 aromatic rings. The Kier molecular flexibility index (Phi) is 4.16. The first kappa shape index (κ1) is 14.6. The summed E-state index contributed by atoms with van der Waals surface area (Å²) in [6.45, 7) is 0. The maximum atomic E-state index is 12.5. The van der Waals surface area contributed by atoms with Gasteiger partial charge in [0, 0.05) is 6.32 Å². The molecule has 2 N–H and O–H groups in total. The van der Waals surface area contributed by atoms with Crippen molar-refractivity contribution in [1.82, 2.24) is 0 Å². The van der Waals surface area contributed by atoms with Gasteiger partial charge in [0.1, 0.15) is 0 Å². The van der Waals surface area contributed by atoms with Crippen molar-refractivity contribution in [2.24, 2.45) is 0 Å². The summed E-state index contributed by atoms with van der Waals surface area (Å²) in [5.74, 6) is 0. The van der Waals surface area contributed by atoms with Crippen molar-refractivity contribution in [3.05, 3.63) is 59.7 Å². The minimum atomic E-state index is -4.35. The van der Waals surface area contributed by atoms with E-state index < -0.39 is 18.9 Å². The van der Waals surface area contributed by atoms with Gasteiger partial charge in [0.05, 0.1) is 5.56 Å². The Hall–Kier alpha value is -1.79. The van der Waals surface area contributed by atoms with Crippen LogP contribution in [0.4, 0.5) is 13.2 Å². The van der Waals surface area contributed by atoms with Crippen LogP contribution >= 0.6 is 0 Å². The molecule has 6 heteroatoms. The Labute approximate surface area is 114 Å². The van der Waals surface area contributed by atoms with Crippen molar-refractivity contribution < 1.29 is 23.2 Å². The molecule has 2 rings (SSSR count). The van der Waals surface area contributed by atoms with Gasteiger partial charge in [-0.1, -0.05) is 36.4 Å². The number of rotatable bonds is 3. The molecule has 0 bridgehead atoms. The molecule has 0 fully saturated rings. The fraction of sp³-hybridized carbons (Fsp3) is 0.143. The first-order valence-corrected chi connectivity index (χ1v) is 5.99. The van der Waals surface area contributed by atoms with Gasteiger partial charge in [-0.2, -0.15) is 13.2 Å². The molecule has 0 atom stereocenters. The number of hydrogen-bond acceptors (Lipinski definition) is 2. The molecule has 2 nitrogen and oxygen atoms in total. The Bertz CT molecular complexity index is 580. The van der Waals surface area contributed by atoms with E-state index >= 15 is 0 Å². The van der Waals surface area contributed by atoms with Crippen LogP contribution in [0.5, 0.6) is 0 Å². The van der Waals surface area contributed by atoms with E-state index in [2.05, 4.69) is 0 Å². The van der Waals surface area contributed by atoms with Crippen molar-refractivity contribution >= 4 is 7.12 Å². The number of alkyl halides is 3. The first-order valence-electron chi connectivity index (χ1n) is 5.99. The van der Waals surface area contributed by atoms with Crippen molar-refractivity contribution in [2.75, 3.05) is 0 Å². The maximum absolute atomic E-state index is 12.5. The molecule has 0 aliphatic carbocycles. The summed E-state index contributed by atoms with van der Waals surface area (Å²) in [7, 11) is -1.45. The van der Waals surface area contributed by atoms with E-state index in [9.17, 15) is 13.2 Å². The van der Waals surface area contributed by atoms with Crippen LogP contribution < -0.4 is 0 Å². The highest BCUT2D eigenvalue weighted by Gasteiger charge is 2.29. The van der Waals surface area contributed by atoms with E-state index in [1.165, 1.54) is 12.1 Å². The van der Waals surface area contributed by atoms with E-state index in [1.807, 2.05) is 0 Å². The van der Waals surface area contributed by atoms with Gasteiger partial charge in [-0.15, -0.1) is 0 Å². The highest BCUT2D eigenvalue weighted by molar-refractivity contribution is 6.40. The van der Waals surface area contributed by atoms with Crippen molar-refractivity contribution in [1.29, 1.82) is 0 Å². The smallest absolute Gasteiger partial charge is 0.427 e. The third kappa shape index (κ3) is 3.62. The fourth-order valence-corrected chi connectivity index (χ4v) is 1.94. The molecule has 0 radical (unpaired) electrons. The van der Waals surface area contributed by atoms with Gasteiger partial charge in [0.2, 0.25) is 0 Å². The van der Waals surface area contributed by atoms with Crippen LogP contribution in [0.25, 0.3) is 11.1 Å². The minimum absolute atomic E-state index is 0.0779. The zero-order valence-corrected chi connectivity index (χ0v) is 10.4. The zero-order valence-electron chi connectivity index (χ0n) is 10.4. The maximum Gasteiger partial charge on any atom is 0.456 e. The van der Waals surface area contributed by atoms with Gasteiger partial charge in [0.25, 0.3) is 0 Å². The lowest BCUT2D eigenvalue weighted by atomic mass is 9.81. The standard InChI is InChI=1S/C14H12BF3O2/c16-14(17,18)13-6-4-11(5-7-13)12-3-1-2-10(8-12)9-15(19)20/h1-8,19-20H,9H2. The predicted octanol–water partition coefficient (Wildman–Crippen LogP) is 2.93. The molecule has 0 spiro atoms. The largest absolute Gasteiger partial charge is 0.456 e. The third-order valence-electron chi connectivity index (χ3n) is 2.89. The molecule has 0 unspecified atom stereocenters. The van der Waals surface area contributed by atoms with Gasteiger partial charge in [-0.05, 0) is 28.8 Å². The van der Waals surface area contributed by atoms with E-state index in [0.717, 1.165) is 17.7 Å². The lowest BCUT2D eigenvalue weighted by molar-refractivity contribution is -0.137. The van der Waals surface area contributed by atoms with Crippen molar-refractivity contribution in [3.63, 3.8) is 0 Å². The predicted molar refractivity (Wildman–Crippen MR) is 70.8 cm³/mol. The molecule has 0 aromatic heterocycles. The second kappa shape index (κ2) is 5.69. The van der Waals surface area contributed by atoms with E-state index in [1.54, 1.807) is 24.3 Å². The third-order valence-corrected chi connectivity index (χ3v) is 2.89. The summed E-state index contributed by atoms with van der Waals surface area (Å²) in [5, 5.41) is 17.8. The highest BCUT2D eigenvalue weighted by Crippen LogP contribution is 2.31. The summed E-state index contributed by atoms with van der Waals surface area (Å²) in [6, 6.07) is 11.8. The van der Waals surface area contributed by atoms with Crippen LogP contribution in [0.3, 0.4) is 0 Å². The van der Waals surface area contributed by atoms with Gasteiger partial charge < -0.3 is 10.0 Å². The summed E-state index contributed by atoms with van der Waals surface area (Å²) in [4.78, 5) is 0. The van der Waals surface area contributed by atoms with Crippen LogP contribution in [0.2, 0.25) is 0 Å². The van der Waals surface area contributed by atoms with Crippen molar-refractivity contribution in [3.8, 4) is 11.1 Å². The molecule has 104 valence electrons. The Balaban J connectivity index is 2.28. The van der Waals surface area contributed by atoms with E-state index in [0.29, 0.717) is 11.1 Å². The monoisotopic (exact) mass is 280 g/mol. The molecular weight excluding hydrogens is 268 g/mol. The Morgan fingerprint density at radius 3 is 2.10 bits per heavy atom. The molecule has 0 aliphatic heterocycles. The van der Waals surface area contributed by atoms with Gasteiger partial charge in [0.15, 0.2) is 0 Å². The van der Waals surface area contributed by atoms with Gasteiger partial charge >= 0.3 is 13.3 Å².